The Morgan fingerprint density at radius 2 is 1.95 bits per heavy atom. The summed E-state index contributed by atoms with van der Waals surface area (Å²) >= 11 is 7.55. The molecule has 204 valence electrons. The highest BCUT2D eigenvalue weighted by atomic mass is 35.5. The number of aromatic nitrogens is 1. The lowest BCUT2D eigenvalue weighted by Gasteiger charge is -2.24. The lowest BCUT2D eigenvalue weighted by molar-refractivity contribution is -0.137. The number of pyridine rings is 1. The van der Waals surface area contributed by atoms with Crippen molar-refractivity contribution in [2.24, 2.45) is 0 Å². The number of methoxy groups -OCH3 is 1. The van der Waals surface area contributed by atoms with Crippen LogP contribution in [0.2, 0.25) is 5.02 Å². The average Bonchev–Trinajstić information content (AvgIpc) is 2.84. The van der Waals surface area contributed by atoms with E-state index in [0.717, 1.165) is 4.31 Å². The number of amides is 1. The van der Waals surface area contributed by atoms with Crippen molar-refractivity contribution in [1.29, 1.82) is 0 Å². The molecular formula is C21H23ClF3N3O7S2. The van der Waals surface area contributed by atoms with Crippen LogP contribution in [0.5, 0.6) is 17.4 Å². The van der Waals surface area contributed by atoms with Crippen molar-refractivity contribution in [2.75, 3.05) is 44.9 Å². The van der Waals surface area contributed by atoms with Gasteiger partial charge in [0.05, 0.1) is 12.2 Å². The van der Waals surface area contributed by atoms with Crippen molar-refractivity contribution < 1.29 is 44.8 Å². The Balaban J connectivity index is 1.75. The summed E-state index contributed by atoms with van der Waals surface area (Å²) in [6, 6.07) is 5.14. The van der Waals surface area contributed by atoms with Gasteiger partial charge in [-0.15, -0.1) is 0 Å². The minimum Gasteiger partial charge on any atom is -0.491 e. The van der Waals surface area contributed by atoms with Crippen molar-refractivity contribution >= 4 is 39.8 Å². The molecule has 2 aromatic rings. The number of alkyl halides is 3. The topological polar surface area (TPSA) is 116 Å². The summed E-state index contributed by atoms with van der Waals surface area (Å²) < 4.78 is 85.2. The number of hydrogen-bond acceptors (Lipinski definition) is 9. The van der Waals surface area contributed by atoms with Gasteiger partial charge in [0.25, 0.3) is 0 Å². The van der Waals surface area contributed by atoms with E-state index in [0.29, 0.717) is 41.7 Å². The van der Waals surface area contributed by atoms with E-state index in [2.05, 4.69) is 14.5 Å². The van der Waals surface area contributed by atoms with Gasteiger partial charge in [-0.3, -0.25) is 0 Å². The zero-order valence-electron chi connectivity index (χ0n) is 19.4. The maximum Gasteiger partial charge on any atom is 0.423 e. The van der Waals surface area contributed by atoms with E-state index in [1.165, 1.54) is 19.2 Å². The Labute approximate surface area is 220 Å². The third-order valence-corrected chi connectivity index (χ3v) is 7.40. The molecule has 10 nitrogen and oxygen atoms in total. The molecule has 0 unspecified atom stereocenters. The van der Waals surface area contributed by atoms with Crippen LogP contribution >= 0.6 is 23.4 Å². The zero-order chi connectivity index (χ0) is 27.1. The summed E-state index contributed by atoms with van der Waals surface area (Å²) in [4.78, 5) is 15.9. The molecule has 0 radical (unpaired) electrons. The molecule has 1 fully saturated rings. The van der Waals surface area contributed by atoms with Gasteiger partial charge in [-0.05, 0) is 18.2 Å². The van der Waals surface area contributed by atoms with E-state index < -0.39 is 33.2 Å². The first-order valence-corrected chi connectivity index (χ1v) is 13.6. The molecule has 16 heteroatoms. The van der Waals surface area contributed by atoms with Gasteiger partial charge < -0.3 is 23.7 Å². The van der Waals surface area contributed by atoms with Crippen molar-refractivity contribution in [3.63, 3.8) is 0 Å². The summed E-state index contributed by atoms with van der Waals surface area (Å²) in [5.41, 5.74) is -0.750. The highest BCUT2D eigenvalue weighted by Gasteiger charge is 2.32. The number of hydrogen-bond donors (Lipinski definition) is 1. The van der Waals surface area contributed by atoms with E-state index in [9.17, 15) is 26.4 Å². The fourth-order valence-electron chi connectivity index (χ4n) is 2.98. The van der Waals surface area contributed by atoms with Crippen LogP contribution in [0.25, 0.3) is 0 Å². The number of nitrogens with one attached hydrogen (secondary N) is 1. The highest BCUT2D eigenvalue weighted by molar-refractivity contribution is 7.99. The van der Waals surface area contributed by atoms with Crippen LogP contribution in [0.15, 0.2) is 30.5 Å². The molecule has 1 amide bonds. The molecule has 1 N–H and O–H groups in total. The van der Waals surface area contributed by atoms with E-state index in [1.54, 1.807) is 17.8 Å². The molecule has 0 atom stereocenters. The molecule has 0 bridgehead atoms. The van der Waals surface area contributed by atoms with Gasteiger partial charge in [0, 0.05) is 56.1 Å². The normalized spacial score (nSPS) is 14.7. The van der Waals surface area contributed by atoms with Crippen LogP contribution in [0.4, 0.5) is 18.0 Å². The van der Waals surface area contributed by atoms with Crippen molar-refractivity contribution in [3.8, 4) is 17.4 Å². The Bertz CT molecular complexity index is 1200. The van der Waals surface area contributed by atoms with E-state index in [4.69, 9.17) is 25.8 Å². The van der Waals surface area contributed by atoms with Crippen LogP contribution in [-0.4, -0.2) is 68.7 Å². The summed E-state index contributed by atoms with van der Waals surface area (Å²) in [7, 11) is -2.77. The Morgan fingerprint density at radius 1 is 1.22 bits per heavy atom. The van der Waals surface area contributed by atoms with Gasteiger partial charge in [-0.2, -0.15) is 37.7 Å². The number of benzene rings is 1. The minimum atomic E-state index is -4.65. The summed E-state index contributed by atoms with van der Waals surface area (Å²) in [6.45, 7) is 0.692. The lowest BCUT2D eigenvalue weighted by atomic mass is 10.2. The Hall–Kier alpha value is -2.46. The van der Waals surface area contributed by atoms with Crippen LogP contribution in [0.3, 0.4) is 0 Å². The summed E-state index contributed by atoms with van der Waals surface area (Å²) in [5.74, 6) is 1.22. The number of carbonyl (C=O) groups is 1. The van der Waals surface area contributed by atoms with E-state index >= 15 is 0 Å². The van der Waals surface area contributed by atoms with Crippen LogP contribution in [0, 0.1) is 0 Å². The molecule has 1 aromatic carbocycles. The fraction of sp³-hybridized carbons (Fsp3) is 0.429. The molecule has 1 saturated heterocycles. The third-order valence-electron chi connectivity index (χ3n) is 4.83. The molecule has 0 aliphatic carbocycles. The predicted octanol–water partition coefficient (Wildman–Crippen LogP) is 4.09. The quantitative estimate of drug-likeness (QED) is 0.412. The van der Waals surface area contributed by atoms with E-state index in [1.807, 2.05) is 0 Å². The average molecular weight is 586 g/mol. The van der Waals surface area contributed by atoms with Crippen LogP contribution in [0.1, 0.15) is 11.1 Å². The number of carbonyl (C=O) groups excluding carboxylic acids is 1. The molecular weight excluding hydrogens is 563 g/mol. The Morgan fingerprint density at radius 3 is 2.59 bits per heavy atom. The van der Waals surface area contributed by atoms with Gasteiger partial charge in [0.2, 0.25) is 5.88 Å². The van der Waals surface area contributed by atoms with E-state index in [-0.39, 0.29) is 37.9 Å². The lowest BCUT2D eigenvalue weighted by Crippen LogP contribution is -2.41. The summed E-state index contributed by atoms with van der Waals surface area (Å²) in [6.07, 6.45) is -5.29. The number of thioether (sulfide) groups is 1. The molecule has 1 aliphatic rings. The number of rotatable bonds is 10. The molecule has 0 spiro atoms. The SMILES string of the molecule is COCCOc1ccc(CNC(=O)OS(=O)(=O)N2CCSCC2)c(Oc2ncc(C(F)(F)F)cc2Cl)c1. The standard InChI is InChI=1S/C21H23ClF3N3O7S2/c1-32-6-7-33-16-3-2-14(12-27-20(29)35-37(30,31)28-4-8-36-9-5-28)18(11-16)34-19-17(22)10-15(13-26-19)21(23,24)25/h2-3,10-11,13H,4-9,12H2,1H3,(H,27,29). The number of halogens is 4. The maximum absolute atomic E-state index is 12.9. The molecule has 3 rings (SSSR count). The van der Waals surface area contributed by atoms with Gasteiger partial charge in [-0.25, -0.2) is 9.78 Å². The molecule has 1 aliphatic heterocycles. The first-order chi connectivity index (χ1) is 17.5. The molecule has 0 saturated carbocycles. The third kappa shape index (κ3) is 8.53. The second-order valence-electron chi connectivity index (χ2n) is 7.42. The maximum atomic E-state index is 12.9. The largest absolute Gasteiger partial charge is 0.491 e. The van der Waals surface area contributed by atoms with Gasteiger partial charge in [0.1, 0.15) is 23.1 Å². The van der Waals surface area contributed by atoms with Gasteiger partial charge in [0.15, 0.2) is 0 Å². The zero-order valence-corrected chi connectivity index (χ0v) is 21.8. The first-order valence-electron chi connectivity index (χ1n) is 10.7. The molecule has 2 heterocycles. The number of ether oxygens (including phenoxy) is 3. The van der Waals surface area contributed by atoms with Crippen molar-refractivity contribution in [3.05, 3.63) is 46.6 Å². The second kappa shape index (κ2) is 12.9. The van der Waals surface area contributed by atoms with Crippen molar-refractivity contribution in [1.82, 2.24) is 14.6 Å². The monoisotopic (exact) mass is 585 g/mol. The highest BCUT2D eigenvalue weighted by Crippen LogP contribution is 2.36. The predicted molar refractivity (Wildman–Crippen MR) is 129 cm³/mol. The minimum absolute atomic E-state index is 0.0419. The van der Waals surface area contributed by atoms with Crippen LogP contribution in [-0.2, 0) is 31.9 Å². The van der Waals surface area contributed by atoms with Crippen molar-refractivity contribution in [2.45, 2.75) is 12.7 Å². The smallest absolute Gasteiger partial charge is 0.423 e. The van der Waals surface area contributed by atoms with Gasteiger partial charge >= 0.3 is 22.6 Å². The second-order valence-corrected chi connectivity index (χ2v) is 10.6. The fourth-order valence-corrected chi connectivity index (χ4v) is 5.31. The van der Waals surface area contributed by atoms with Crippen LogP contribution < -0.4 is 14.8 Å². The Kier molecular flexibility index (Phi) is 10.1. The number of nitrogens with zero attached hydrogens (tertiary/aromatic N) is 2. The summed E-state index contributed by atoms with van der Waals surface area (Å²) in [5, 5.41) is 1.92. The molecule has 37 heavy (non-hydrogen) atoms. The van der Waals surface area contributed by atoms with Gasteiger partial charge in [-0.1, -0.05) is 11.6 Å². The first kappa shape index (κ1) is 29.1. The molecule has 1 aromatic heterocycles.